The molecule has 2 rings (SSSR count). The molecule has 0 spiro atoms. The molecule has 0 amide bonds. The van der Waals surface area contributed by atoms with Gasteiger partial charge in [0, 0.05) is 11.3 Å². The summed E-state index contributed by atoms with van der Waals surface area (Å²) in [5, 5.41) is 5.08. The van der Waals surface area contributed by atoms with E-state index in [9.17, 15) is 0 Å². The summed E-state index contributed by atoms with van der Waals surface area (Å²) in [5.74, 6) is 0. The molecular weight excluding hydrogens is 256 g/mol. The molecule has 1 fully saturated rings. The lowest BCUT2D eigenvalue weighted by Crippen LogP contribution is -2.45. The van der Waals surface area contributed by atoms with Crippen molar-refractivity contribution in [1.29, 1.82) is 0 Å². The van der Waals surface area contributed by atoms with Crippen molar-refractivity contribution in [1.82, 2.24) is 10.3 Å². The second-order valence-corrected chi connectivity index (χ2v) is 7.57. The molecule has 19 heavy (non-hydrogen) atoms. The Kier molecular flexibility index (Phi) is 4.96. The maximum Gasteiger partial charge on any atom is 0.256 e. The van der Waals surface area contributed by atoms with Crippen molar-refractivity contribution in [3.63, 3.8) is 0 Å². The highest BCUT2D eigenvalue weighted by atomic mass is 32.2. The second-order valence-electron chi connectivity index (χ2n) is 6.38. The Morgan fingerprint density at radius 1 is 1.53 bits per heavy atom. The topological polar surface area (TPSA) is 38.1 Å². The standard InChI is InChI=1S/C15H26N2OS/c1-5-8-16-12-6-7-15(3,4)9-13(12)19-14-17-11(2)10-18-14/h10,12-13,16H,5-9H2,1-4H3. The zero-order chi connectivity index (χ0) is 13.9. The molecule has 1 aromatic heterocycles. The molecule has 2 unspecified atom stereocenters. The average molecular weight is 282 g/mol. The lowest BCUT2D eigenvalue weighted by molar-refractivity contribution is 0.213. The summed E-state index contributed by atoms with van der Waals surface area (Å²) < 4.78 is 5.51. The lowest BCUT2D eigenvalue weighted by Gasteiger charge is -2.40. The summed E-state index contributed by atoms with van der Waals surface area (Å²) in [6.07, 6.45) is 6.71. The summed E-state index contributed by atoms with van der Waals surface area (Å²) in [6.45, 7) is 10.0. The van der Waals surface area contributed by atoms with E-state index >= 15 is 0 Å². The van der Waals surface area contributed by atoms with E-state index in [1.54, 1.807) is 18.0 Å². The van der Waals surface area contributed by atoms with Crippen LogP contribution in [-0.4, -0.2) is 22.8 Å². The van der Waals surface area contributed by atoms with Crippen LogP contribution in [0.3, 0.4) is 0 Å². The van der Waals surface area contributed by atoms with E-state index in [4.69, 9.17) is 4.42 Å². The van der Waals surface area contributed by atoms with Crippen molar-refractivity contribution >= 4 is 11.8 Å². The Bertz CT molecular complexity index is 403. The highest BCUT2D eigenvalue weighted by molar-refractivity contribution is 7.99. The Labute approximate surface area is 120 Å². The highest BCUT2D eigenvalue weighted by Gasteiger charge is 2.35. The fraction of sp³-hybridized carbons (Fsp3) is 0.800. The van der Waals surface area contributed by atoms with Gasteiger partial charge in [-0.05, 0) is 44.6 Å². The normalized spacial score (nSPS) is 26.5. The molecular formula is C15H26N2OS. The smallest absolute Gasteiger partial charge is 0.256 e. The summed E-state index contributed by atoms with van der Waals surface area (Å²) >= 11 is 1.81. The molecule has 1 aromatic rings. The molecule has 1 saturated carbocycles. The number of rotatable bonds is 5. The van der Waals surface area contributed by atoms with Crippen molar-refractivity contribution in [2.75, 3.05) is 6.54 Å². The Morgan fingerprint density at radius 3 is 2.95 bits per heavy atom. The minimum atomic E-state index is 0.434. The summed E-state index contributed by atoms with van der Waals surface area (Å²) in [5.41, 5.74) is 1.40. The fourth-order valence-electron chi connectivity index (χ4n) is 2.72. The maximum atomic E-state index is 5.51. The summed E-state index contributed by atoms with van der Waals surface area (Å²) in [6, 6.07) is 0.588. The van der Waals surface area contributed by atoms with Crippen LogP contribution in [0.1, 0.15) is 52.1 Å². The predicted octanol–water partition coefficient (Wildman–Crippen LogP) is 4.02. The first-order valence-corrected chi connectivity index (χ1v) is 8.20. The van der Waals surface area contributed by atoms with Crippen molar-refractivity contribution in [2.45, 2.75) is 69.9 Å². The molecule has 1 N–H and O–H groups in total. The zero-order valence-corrected chi connectivity index (χ0v) is 13.3. The van der Waals surface area contributed by atoms with E-state index in [1.807, 2.05) is 6.92 Å². The minimum absolute atomic E-state index is 0.434. The van der Waals surface area contributed by atoms with Gasteiger partial charge in [0.15, 0.2) is 0 Å². The first-order valence-electron chi connectivity index (χ1n) is 7.32. The molecule has 1 aliphatic carbocycles. The number of thioether (sulfide) groups is 1. The third kappa shape index (κ3) is 4.25. The van der Waals surface area contributed by atoms with E-state index in [1.165, 1.54) is 25.7 Å². The largest absolute Gasteiger partial charge is 0.440 e. The van der Waals surface area contributed by atoms with E-state index in [0.717, 1.165) is 17.5 Å². The van der Waals surface area contributed by atoms with Gasteiger partial charge in [-0.2, -0.15) is 0 Å². The van der Waals surface area contributed by atoms with Gasteiger partial charge in [0.25, 0.3) is 5.22 Å². The molecule has 1 heterocycles. The Morgan fingerprint density at radius 2 is 2.32 bits per heavy atom. The number of aryl methyl sites for hydroxylation is 1. The van der Waals surface area contributed by atoms with E-state index in [0.29, 0.717) is 16.7 Å². The van der Waals surface area contributed by atoms with Gasteiger partial charge in [-0.3, -0.25) is 0 Å². The van der Waals surface area contributed by atoms with Crippen LogP contribution < -0.4 is 5.32 Å². The first-order chi connectivity index (χ1) is 9.00. The third-order valence-corrected chi connectivity index (χ3v) is 5.03. The van der Waals surface area contributed by atoms with Gasteiger partial charge < -0.3 is 9.73 Å². The molecule has 0 bridgehead atoms. The molecule has 1 aliphatic rings. The van der Waals surface area contributed by atoms with Crippen LogP contribution in [0.15, 0.2) is 15.9 Å². The third-order valence-electron chi connectivity index (χ3n) is 3.84. The lowest BCUT2D eigenvalue weighted by atomic mass is 9.75. The quantitative estimate of drug-likeness (QED) is 0.885. The number of nitrogens with zero attached hydrogens (tertiary/aromatic N) is 1. The van der Waals surface area contributed by atoms with Crippen molar-refractivity contribution in [3.8, 4) is 0 Å². The molecule has 3 nitrogen and oxygen atoms in total. The monoisotopic (exact) mass is 282 g/mol. The van der Waals surface area contributed by atoms with Crippen LogP contribution in [0.2, 0.25) is 0 Å². The summed E-state index contributed by atoms with van der Waals surface area (Å²) in [4.78, 5) is 4.44. The van der Waals surface area contributed by atoms with Crippen molar-refractivity contribution in [3.05, 3.63) is 12.0 Å². The molecule has 0 saturated heterocycles. The van der Waals surface area contributed by atoms with Gasteiger partial charge in [-0.25, -0.2) is 4.98 Å². The van der Waals surface area contributed by atoms with Crippen LogP contribution in [0.5, 0.6) is 0 Å². The van der Waals surface area contributed by atoms with E-state index in [-0.39, 0.29) is 0 Å². The number of hydrogen-bond acceptors (Lipinski definition) is 4. The van der Waals surface area contributed by atoms with Gasteiger partial charge in [0.05, 0.1) is 5.69 Å². The fourth-order valence-corrected chi connectivity index (χ4v) is 4.21. The molecule has 2 atom stereocenters. The highest BCUT2D eigenvalue weighted by Crippen LogP contribution is 2.42. The minimum Gasteiger partial charge on any atom is -0.440 e. The molecule has 0 aromatic carbocycles. The number of nitrogens with one attached hydrogen (secondary N) is 1. The SMILES string of the molecule is CCCNC1CCC(C)(C)CC1Sc1nc(C)co1. The van der Waals surface area contributed by atoms with E-state index < -0.39 is 0 Å². The first kappa shape index (κ1) is 14.9. The van der Waals surface area contributed by atoms with Gasteiger partial charge in [0.2, 0.25) is 0 Å². The molecule has 108 valence electrons. The Balaban J connectivity index is 2.02. The van der Waals surface area contributed by atoms with Crippen molar-refractivity contribution in [2.24, 2.45) is 5.41 Å². The number of oxazole rings is 1. The zero-order valence-electron chi connectivity index (χ0n) is 12.5. The molecule has 0 aliphatic heterocycles. The van der Waals surface area contributed by atoms with Gasteiger partial charge in [-0.1, -0.05) is 32.5 Å². The molecule has 4 heteroatoms. The molecule has 0 radical (unpaired) electrons. The number of aromatic nitrogens is 1. The second kappa shape index (κ2) is 6.31. The average Bonchev–Trinajstić information content (AvgIpc) is 2.73. The summed E-state index contributed by atoms with van der Waals surface area (Å²) in [7, 11) is 0. The maximum absolute atomic E-state index is 5.51. The van der Waals surface area contributed by atoms with Crippen LogP contribution in [-0.2, 0) is 0 Å². The van der Waals surface area contributed by atoms with Crippen LogP contribution in [0, 0.1) is 12.3 Å². The van der Waals surface area contributed by atoms with Gasteiger partial charge in [0.1, 0.15) is 6.26 Å². The van der Waals surface area contributed by atoms with Gasteiger partial charge in [-0.15, -0.1) is 0 Å². The predicted molar refractivity (Wildman–Crippen MR) is 80.6 cm³/mol. The number of hydrogen-bond donors (Lipinski definition) is 1. The van der Waals surface area contributed by atoms with E-state index in [2.05, 4.69) is 31.1 Å². The van der Waals surface area contributed by atoms with Crippen LogP contribution >= 0.6 is 11.8 Å². The van der Waals surface area contributed by atoms with Crippen LogP contribution in [0.25, 0.3) is 0 Å². The van der Waals surface area contributed by atoms with Crippen molar-refractivity contribution < 1.29 is 4.42 Å². The van der Waals surface area contributed by atoms with Crippen LogP contribution in [0.4, 0.5) is 0 Å². The Hall–Kier alpha value is -0.480. The van der Waals surface area contributed by atoms with Gasteiger partial charge >= 0.3 is 0 Å².